The molecule has 2 aliphatic rings. The number of nitrogens with zero attached hydrogens (tertiary/aromatic N) is 1. The van der Waals surface area contributed by atoms with Gasteiger partial charge in [0.2, 0.25) is 0 Å². The summed E-state index contributed by atoms with van der Waals surface area (Å²) in [6.07, 6.45) is -1.37. The number of hydrogen-bond acceptors (Lipinski definition) is 3. The fraction of sp³-hybridized carbons (Fsp3) is 0.647. The molecule has 1 aromatic rings. The molecule has 2 saturated heterocycles. The molecule has 3 nitrogen and oxygen atoms in total. The summed E-state index contributed by atoms with van der Waals surface area (Å²) in [5, 5.41) is 7.00. The van der Waals surface area contributed by atoms with Gasteiger partial charge in [0, 0.05) is 41.4 Å². The van der Waals surface area contributed by atoms with Crippen LogP contribution in [0.5, 0.6) is 0 Å². The van der Waals surface area contributed by atoms with Crippen molar-refractivity contribution in [2.24, 2.45) is 5.41 Å². The highest BCUT2D eigenvalue weighted by Gasteiger charge is 2.47. The van der Waals surface area contributed by atoms with Crippen molar-refractivity contribution in [1.29, 1.82) is 0 Å². The van der Waals surface area contributed by atoms with E-state index >= 15 is 0 Å². The molecular weight excluding hydrogens is 339 g/mol. The zero-order valence-corrected chi connectivity index (χ0v) is 14.6. The van der Waals surface area contributed by atoms with Crippen LogP contribution in [0.3, 0.4) is 0 Å². The third-order valence-corrected chi connectivity index (χ3v) is 6.54. The van der Waals surface area contributed by atoms with Crippen molar-refractivity contribution in [2.45, 2.75) is 25.4 Å². The minimum absolute atomic E-state index is 0.305. The number of likely N-dealkylation sites (tertiary alicyclic amines) is 1. The van der Waals surface area contributed by atoms with Crippen molar-refractivity contribution < 1.29 is 22.5 Å². The first-order valence-electron chi connectivity index (χ1n) is 8.05. The minimum atomic E-state index is -4.26. The van der Waals surface area contributed by atoms with E-state index in [0.29, 0.717) is 5.41 Å². The largest absolute Gasteiger partial charge is 0.416 e. The standard InChI is InChI=1S/C16H20F3NOS.CH4O/c17-16(18,19)14-5-3-13(4-6-14)2-1-8-20-9-7-15(10-20)11-22(21)12-15;1-2/h3-6H,1-2,7-12H2;2H,1H3. The van der Waals surface area contributed by atoms with E-state index < -0.39 is 22.5 Å². The average Bonchev–Trinajstić information content (AvgIpc) is 2.93. The first-order chi connectivity index (χ1) is 11.4. The molecule has 2 heterocycles. The van der Waals surface area contributed by atoms with Crippen molar-refractivity contribution in [1.82, 2.24) is 4.90 Å². The van der Waals surface area contributed by atoms with E-state index in [9.17, 15) is 17.4 Å². The normalized spacial score (nSPS) is 26.8. The van der Waals surface area contributed by atoms with E-state index in [1.165, 1.54) is 0 Å². The summed E-state index contributed by atoms with van der Waals surface area (Å²) >= 11 is 0. The number of aliphatic hydroxyl groups is 1. The van der Waals surface area contributed by atoms with Gasteiger partial charge in [-0.1, -0.05) is 12.1 Å². The second kappa shape index (κ2) is 7.97. The Hall–Kier alpha value is -0.920. The molecule has 136 valence electrons. The molecule has 0 bridgehead atoms. The monoisotopic (exact) mass is 363 g/mol. The second-order valence-corrected chi connectivity index (χ2v) is 8.01. The highest BCUT2D eigenvalue weighted by atomic mass is 32.2. The Morgan fingerprint density at radius 3 is 2.38 bits per heavy atom. The first kappa shape index (κ1) is 19.4. The molecule has 0 aromatic heterocycles. The molecule has 0 atom stereocenters. The quantitative estimate of drug-likeness (QED) is 0.894. The molecule has 2 fully saturated rings. The van der Waals surface area contributed by atoms with E-state index in [4.69, 9.17) is 5.11 Å². The molecule has 0 saturated carbocycles. The molecule has 1 aromatic carbocycles. The Morgan fingerprint density at radius 1 is 1.21 bits per heavy atom. The van der Waals surface area contributed by atoms with Crippen molar-refractivity contribution >= 4 is 10.8 Å². The zero-order chi connectivity index (χ0) is 17.8. The lowest BCUT2D eigenvalue weighted by molar-refractivity contribution is -0.137. The second-order valence-electron chi connectivity index (χ2n) is 6.55. The first-order valence-corrected chi connectivity index (χ1v) is 9.53. The third-order valence-electron chi connectivity index (χ3n) is 4.67. The molecule has 1 N–H and O–H groups in total. The van der Waals surface area contributed by atoms with Gasteiger partial charge >= 0.3 is 6.18 Å². The van der Waals surface area contributed by atoms with Gasteiger partial charge in [0.15, 0.2) is 0 Å². The predicted octanol–water partition coefficient (Wildman–Crippen LogP) is 2.70. The topological polar surface area (TPSA) is 40.5 Å². The van der Waals surface area contributed by atoms with Gasteiger partial charge in [-0.15, -0.1) is 0 Å². The van der Waals surface area contributed by atoms with E-state index in [1.807, 2.05) is 0 Å². The number of halogens is 3. The van der Waals surface area contributed by atoms with Crippen LogP contribution in [-0.4, -0.2) is 52.5 Å². The van der Waals surface area contributed by atoms with E-state index in [1.54, 1.807) is 12.1 Å². The van der Waals surface area contributed by atoms with Crippen LogP contribution >= 0.6 is 0 Å². The summed E-state index contributed by atoms with van der Waals surface area (Å²) < 4.78 is 48.7. The van der Waals surface area contributed by atoms with E-state index in [2.05, 4.69) is 4.90 Å². The molecule has 24 heavy (non-hydrogen) atoms. The molecule has 3 rings (SSSR count). The highest BCUT2D eigenvalue weighted by molar-refractivity contribution is 7.86. The Labute approximate surface area is 143 Å². The SMILES string of the molecule is CO.O=S1CC2(CCN(CCCc3ccc(C(F)(F)F)cc3)C2)C1. The van der Waals surface area contributed by atoms with Gasteiger partial charge in [0.05, 0.1) is 5.56 Å². The van der Waals surface area contributed by atoms with Gasteiger partial charge < -0.3 is 10.0 Å². The van der Waals surface area contributed by atoms with E-state index in [0.717, 1.165) is 75.2 Å². The van der Waals surface area contributed by atoms with Crippen molar-refractivity contribution in [3.8, 4) is 0 Å². The molecule has 0 amide bonds. The summed E-state index contributed by atoms with van der Waals surface area (Å²) in [5.41, 5.74) is 0.668. The van der Waals surface area contributed by atoms with Crippen LogP contribution in [0.2, 0.25) is 0 Å². The van der Waals surface area contributed by atoms with Crippen LogP contribution < -0.4 is 0 Å². The van der Waals surface area contributed by atoms with Gasteiger partial charge in [-0.2, -0.15) is 13.2 Å². The maximum atomic E-state index is 12.5. The molecule has 0 unspecified atom stereocenters. The summed E-state index contributed by atoms with van der Waals surface area (Å²) in [5.74, 6) is 1.70. The lowest BCUT2D eigenvalue weighted by Gasteiger charge is -2.37. The van der Waals surface area contributed by atoms with Gasteiger partial charge in [-0.25, -0.2) is 0 Å². The van der Waals surface area contributed by atoms with Gasteiger partial charge in [-0.3, -0.25) is 4.21 Å². The molecule has 7 heteroatoms. The van der Waals surface area contributed by atoms with Gasteiger partial charge in [-0.05, 0) is 50.0 Å². The maximum Gasteiger partial charge on any atom is 0.416 e. The fourth-order valence-electron chi connectivity index (χ4n) is 3.46. The van der Waals surface area contributed by atoms with Crippen LogP contribution in [0.4, 0.5) is 13.2 Å². The summed E-state index contributed by atoms with van der Waals surface area (Å²) in [6, 6.07) is 5.46. The maximum absolute atomic E-state index is 12.5. The summed E-state index contributed by atoms with van der Waals surface area (Å²) in [6.45, 7) is 3.06. The number of aliphatic hydroxyl groups excluding tert-OH is 1. The Bertz CT molecular complexity index is 552. The number of benzene rings is 1. The van der Waals surface area contributed by atoms with E-state index in [-0.39, 0.29) is 0 Å². The smallest absolute Gasteiger partial charge is 0.400 e. The van der Waals surface area contributed by atoms with Crippen LogP contribution in [-0.2, 0) is 23.4 Å². The Balaban J connectivity index is 0.00000100. The molecule has 0 radical (unpaired) electrons. The van der Waals surface area contributed by atoms with Crippen molar-refractivity contribution in [2.75, 3.05) is 38.2 Å². The van der Waals surface area contributed by atoms with Crippen molar-refractivity contribution in [3.63, 3.8) is 0 Å². The summed E-state index contributed by atoms with van der Waals surface area (Å²) in [4.78, 5) is 2.40. The number of aryl methyl sites for hydroxylation is 1. The molecule has 0 aliphatic carbocycles. The van der Waals surface area contributed by atoms with Gasteiger partial charge in [0.1, 0.15) is 0 Å². The Kier molecular flexibility index (Phi) is 6.45. The van der Waals surface area contributed by atoms with Crippen molar-refractivity contribution in [3.05, 3.63) is 35.4 Å². The number of alkyl halides is 3. The molecular formula is C17H24F3NO2S. The average molecular weight is 363 g/mol. The summed E-state index contributed by atoms with van der Waals surface area (Å²) in [7, 11) is 0.400. The zero-order valence-electron chi connectivity index (χ0n) is 13.8. The third kappa shape index (κ3) is 4.80. The molecule has 1 spiro atoms. The number of rotatable bonds is 4. The minimum Gasteiger partial charge on any atom is -0.400 e. The fourth-order valence-corrected chi connectivity index (χ4v) is 5.21. The van der Waals surface area contributed by atoms with Crippen LogP contribution in [0, 0.1) is 5.41 Å². The highest BCUT2D eigenvalue weighted by Crippen LogP contribution is 2.39. The van der Waals surface area contributed by atoms with Crippen LogP contribution in [0.15, 0.2) is 24.3 Å². The van der Waals surface area contributed by atoms with Gasteiger partial charge in [0.25, 0.3) is 0 Å². The number of hydrogen-bond donors (Lipinski definition) is 1. The van der Waals surface area contributed by atoms with Crippen LogP contribution in [0.1, 0.15) is 24.0 Å². The Morgan fingerprint density at radius 2 is 1.83 bits per heavy atom. The predicted molar refractivity (Wildman–Crippen MR) is 89.3 cm³/mol. The lowest BCUT2D eigenvalue weighted by atomic mass is 9.91. The molecule has 2 aliphatic heterocycles. The lowest BCUT2D eigenvalue weighted by Crippen LogP contribution is -2.46. The van der Waals surface area contributed by atoms with Crippen LogP contribution in [0.25, 0.3) is 0 Å².